The molecule has 130 valence electrons. The highest BCUT2D eigenvalue weighted by Crippen LogP contribution is 2.48. The van der Waals surface area contributed by atoms with Gasteiger partial charge in [0.25, 0.3) is 5.91 Å². The van der Waals surface area contributed by atoms with E-state index in [2.05, 4.69) is 4.99 Å². The minimum absolute atomic E-state index is 0.122. The quantitative estimate of drug-likeness (QED) is 0.904. The third kappa shape index (κ3) is 3.15. The number of carbonyl (C=O) groups excluding carboxylic acids is 1. The molecule has 0 aromatic heterocycles. The van der Waals surface area contributed by atoms with Gasteiger partial charge in [0.1, 0.15) is 10.6 Å². The van der Waals surface area contributed by atoms with Crippen molar-refractivity contribution in [1.29, 1.82) is 0 Å². The lowest BCUT2D eigenvalue weighted by molar-refractivity contribution is -0.133. The lowest BCUT2D eigenvalue weighted by atomic mass is 9.81. The number of hydrogen-bond donors (Lipinski definition) is 1. The summed E-state index contributed by atoms with van der Waals surface area (Å²) in [7, 11) is 0. The number of nitrogens with zero attached hydrogens (tertiary/aromatic N) is 1. The smallest absolute Gasteiger partial charge is 0.265 e. The molecule has 6 heteroatoms. The Hall–Kier alpha value is -1.24. The van der Waals surface area contributed by atoms with Gasteiger partial charge in [-0.15, -0.1) is 0 Å². The maximum Gasteiger partial charge on any atom is 0.265 e. The number of halogens is 1. The van der Waals surface area contributed by atoms with E-state index in [-0.39, 0.29) is 17.6 Å². The van der Waals surface area contributed by atoms with Crippen LogP contribution >= 0.6 is 11.8 Å². The van der Waals surface area contributed by atoms with Crippen LogP contribution in [-0.4, -0.2) is 39.6 Å². The maximum absolute atomic E-state index is 13.0. The van der Waals surface area contributed by atoms with Crippen molar-refractivity contribution in [3.8, 4) is 0 Å². The Morgan fingerprint density at radius 2 is 1.96 bits per heavy atom. The van der Waals surface area contributed by atoms with Gasteiger partial charge in [0.05, 0.1) is 10.6 Å². The first kappa shape index (κ1) is 17.6. The van der Waals surface area contributed by atoms with Crippen LogP contribution in [0.25, 0.3) is 0 Å². The Bertz CT molecular complexity index is 655. The topological polar surface area (TPSA) is 58.9 Å². The Morgan fingerprint density at radius 3 is 2.58 bits per heavy atom. The molecule has 0 spiro atoms. The minimum atomic E-state index is -1.09. The number of aliphatic hydroxyl groups is 1. The predicted octanol–water partition coefficient (Wildman–Crippen LogP) is 3.29. The summed E-state index contributed by atoms with van der Waals surface area (Å²) in [5.74, 6) is -0.405. The Morgan fingerprint density at radius 1 is 1.33 bits per heavy atom. The summed E-state index contributed by atoms with van der Waals surface area (Å²) in [4.78, 5) is 16.7. The fourth-order valence-corrected chi connectivity index (χ4v) is 4.72. The molecule has 1 amide bonds. The van der Waals surface area contributed by atoms with Crippen LogP contribution < -0.4 is 0 Å². The van der Waals surface area contributed by atoms with Gasteiger partial charge < -0.3 is 9.84 Å². The molecule has 1 aromatic carbocycles. The molecule has 24 heavy (non-hydrogen) atoms. The third-order valence-corrected chi connectivity index (χ3v) is 6.54. The largest absolute Gasteiger partial charge is 0.388 e. The van der Waals surface area contributed by atoms with Crippen LogP contribution in [-0.2, 0) is 9.53 Å². The number of amides is 1. The molecule has 3 rings (SSSR count). The summed E-state index contributed by atoms with van der Waals surface area (Å²) in [5.41, 5.74) is -0.0808. The molecular formula is C18H22FNO3S. The summed E-state index contributed by atoms with van der Waals surface area (Å²) >= 11 is 1.37. The van der Waals surface area contributed by atoms with Crippen LogP contribution in [0.1, 0.15) is 44.6 Å². The molecule has 0 radical (unpaired) electrons. The molecule has 2 aliphatic rings. The van der Waals surface area contributed by atoms with Crippen molar-refractivity contribution in [3.63, 3.8) is 0 Å². The van der Waals surface area contributed by atoms with Gasteiger partial charge in [-0.3, -0.25) is 4.79 Å². The number of rotatable bonds is 4. The molecule has 1 saturated heterocycles. The number of carbonyl (C=O) groups is 1. The second kappa shape index (κ2) is 6.58. The lowest BCUT2D eigenvalue weighted by Crippen LogP contribution is -2.56. The monoisotopic (exact) mass is 351 g/mol. The average Bonchev–Trinajstić information content (AvgIpc) is 2.84. The molecule has 1 aromatic rings. The molecule has 1 unspecified atom stereocenters. The van der Waals surface area contributed by atoms with Crippen molar-refractivity contribution in [3.05, 3.63) is 35.6 Å². The van der Waals surface area contributed by atoms with E-state index in [1.165, 1.54) is 23.9 Å². The van der Waals surface area contributed by atoms with Gasteiger partial charge in [0, 0.05) is 32.5 Å². The van der Waals surface area contributed by atoms with Crippen molar-refractivity contribution in [2.24, 2.45) is 4.99 Å². The van der Waals surface area contributed by atoms with Gasteiger partial charge in [0.2, 0.25) is 0 Å². The highest BCUT2D eigenvalue weighted by molar-refractivity contribution is 8.16. The van der Waals surface area contributed by atoms with E-state index in [1.54, 1.807) is 19.1 Å². The number of aliphatic imine (C=N–C) groups is 1. The van der Waals surface area contributed by atoms with Crippen molar-refractivity contribution < 1.29 is 19.0 Å². The van der Waals surface area contributed by atoms with Crippen LogP contribution in [0.5, 0.6) is 0 Å². The van der Waals surface area contributed by atoms with Gasteiger partial charge in [-0.1, -0.05) is 30.8 Å². The van der Waals surface area contributed by atoms with Crippen LogP contribution in [0.2, 0.25) is 0 Å². The average molecular weight is 351 g/mol. The number of thioether (sulfide) groups is 1. The Kier molecular flexibility index (Phi) is 4.82. The molecule has 2 heterocycles. The summed E-state index contributed by atoms with van der Waals surface area (Å²) in [6.45, 7) is 4.73. The molecule has 0 bridgehead atoms. The number of benzene rings is 1. The maximum atomic E-state index is 13.0. The van der Waals surface area contributed by atoms with Crippen molar-refractivity contribution >= 4 is 22.7 Å². The number of hydrogen-bond acceptors (Lipinski definition) is 4. The first-order valence-corrected chi connectivity index (χ1v) is 9.02. The SMILES string of the molecule is C[C@@H](CC1=NC(=O)C(C)(C2(O)CCOCC2)S1)c1ccc(F)cc1. The van der Waals surface area contributed by atoms with E-state index in [4.69, 9.17) is 4.74 Å². The van der Waals surface area contributed by atoms with Crippen LogP contribution in [0.3, 0.4) is 0 Å². The molecule has 1 fully saturated rings. The molecule has 2 atom stereocenters. The fourth-order valence-electron chi connectivity index (χ4n) is 3.26. The second-order valence-corrected chi connectivity index (χ2v) is 8.24. The van der Waals surface area contributed by atoms with E-state index >= 15 is 0 Å². The Balaban J connectivity index is 1.71. The highest BCUT2D eigenvalue weighted by atomic mass is 32.2. The van der Waals surface area contributed by atoms with Crippen molar-refractivity contribution in [2.45, 2.75) is 49.4 Å². The Labute approximate surface area is 145 Å². The zero-order valence-electron chi connectivity index (χ0n) is 13.9. The standard InChI is InChI=1S/C18H22FNO3S/c1-12(13-3-5-14(19)6-4-13)11-15-20-16(21)17(2,24-15)18(22)7-9-23-10-8-18/h3-6,12,22H,7-11H2,1-2H3/t12-,17?/m0/s1. The third-order valence-electron chi connectivity index (χ3n) is 5.08. The van der Waals surface area contributed by atoms with Gasteiger partial charge in [0.15, 0.2) is 0 Å². The molecule has 2 aliphatic heterocycles. The molecule has 1 N–H and O–H groups in total. The van der Waals surface area contributed by atoms with Gasteiger partial charge in [-0.2, -0.15) is 0 Å². The van der Waals surface area contributed by atoms with Gasteiger partial charge in [-0.25, -0.2) is 9.38 Å². The summed E-state index contributed by atoms with van der Waals surface area (Å²) < 4.78 is 17.4. The summed E-state index contributed by atoms with van der Waals surface area (Å²) in [6, 6.07) is 6.39. The van der Waals surface area contributed by atoms with E-state index in [0.717, 1.165) is 10.6 Å². The first-order chi connectivity index (χ1) is 11.3. The molecule has 0 aliphatic carbocycles. The highest BCUT2D eigenvalue weighted by Gasteiger charge is 2.56. The summed E-state index contributed by atoms with van der Waals surface area (Å²) in [6.07, 6.45) is 1.49. The lowest BCUT2D eigenvalue weighted by Gasteiger charge is -2.42. The normalized spacial score (nSPS) is 27.8. The van der Waals surface area contributed by atoms with Crippen molar-refractivity contribution in [1.82, 2.24) is 0 Å². The zero-order valence-corrected chi connectivity index (χ0v) is 14.7. The van der Waals surface area contributed by atoms with Crippen LogP contribution in [0.4, 0.5) is 4.39 Å². The van der Waals surface area contributed by atoms with E-state index in [1.807, 2.05) is 6.92 Å². The molecule has 0 saturated carbocycles. The molecular weight excluding hydrogens is 329 g/mol. The van der Waals surface area contributed by atoms with Crippen LogP contribution in [0.15, 0.2) is 29.3 Å². The van der Waals surface area contributed by atoms with E-state index in [9.17, 15) is 14.3 Å². The summed E-state index contributed by atoms with van der Waals surface area (Å²) in [5, 5.41) is 11.7. The fraction of sp³-hybridized carbons (Fsp3) is 0.556. The van der Waals surface area contributed by atoms with Gasteiger partial charge >= 0.3 is 0 Å². The molecule has 4 nitrogen and oxygen atoms in total. The zero-order chi connectivity index (χ0) is 17.4. The predicted molar refractivity (Wildman–Crippen MR) is 92.9 cm³/mol. The van der Waals surface area contributed by atoms with Crippen LogP contribution in [0, 0.1) is 5.82 Å². The van der Waals surface area contributed by atoms with Gasteiger partial charge in [-0.05, 0) is 30.5 Å². The van der Waals surface area contributed by atoms with E-state index in [0.29, 0.717) is 32.5 Å². The van der Waals surface area contributed by atoms with E-state index < -0.39 is 10.3 Å². The number of ether oxygens (including phenoxy) is 1. The van der Waals surface area contributed by atoms with Crippen molar-refractivity contribution in [2.75, 3.05) is 13.2 Å². The minimum Gasteiger partial charge on any atom is -0.388 e. The second-order valence-electron chi connectivity index (χ2n) is 6.75. The first-order valence-electron chi connectivity index (χ1n) is 8.21.